The van der Waals surface area contributed by atoms with Crippen molar-refractivity contribution < 1.29 is 0 Å². The Bertz CT molecular complexity index is 2130. The van der Waals surface area contributed by atoms with Crippen molar-refractivity contribution in [2.45, 2.75) is 27.7 Å². The Labute approximate surface area is 250 Å². The fraction of sp³-hybridized carbons (Fsp3) is 0.105. The summed E-state index contributed by atoms with van der Waals surface area (Å²) >= 11 is 0. The normalized spacial score (nSPS) is 11.2. The van der Waals surface area contributed by atoms with E-state index in [1.807, 2.05) is 26.0 Å². The molecule has 0 aliphatic rings. The lowest BCUT2D eigenvalue weighted by molar-refractivity contribution is 0.928. The number of nitrogens with zero attached hydrogens (tertiary/aromatic N) is 5. The van der Waals surface area contributed by atoms with Crippen molar-refractivity contribution in [3.05, 3.63) is 131 Å². The van der Waals surface area contributed by atoms with E-state index in [9.17, 15) is 5.26 Å². The lowest BCUT2D eigenvalue weighted by atomic mass is 9.98. The number of aryl methyl sites for hydroxylation is 4. The monoisotopic (exact) mass is 555 g/mol. The van der Waals surface area contributed by atoms with Crippen LogP contribution in [-0.2, 0) is 0 Å². The van der Waals surface area contributed by atoms with Gasteiger partial charge in [-0.1, -0.05) is 72.8 Å². The Kier molecular flexibility index (Phi) is 6.33. The van der Waals surface area contributed by atoms with Crippen molar-refractivity contribution in [3.63, 3.8) is 0 Å². The minimum Gasteiger partial charge on any atom is -0.309 e. The average Bonchev–Trinajstić information content (AvgIpc) is 3.33. The van der Waals surface area contributed by atoms with E-state index in [0.717, 1.165) is 38.6 Å². The maximum Gasteiger partial charge on any atom is 0.164 e. The van der Waals surface area contributed by atoms with Crippen molar-refractivity contribution in [1.29, 1.82) is 5.26 Å². The minimum atomic E-state index is 0.513. The molecule has 0 bridgehead atoms. The Morgan fingerprint density at radius 1 is 0.558 bits per heavy atom. The molecule has 5 heteroatoms. The van der Waals surface area contributed by atoms with Crippen LogP contribution in [0, 0.1) is 39.0 Å². The summed E-state index contributed by atoms with van der Waals surface area (Å²) in [5.74, 6) is 1.77. The van der Waals surface area contributed by atoms with E-state index in [-0.39, 0.29) is 0 Å². The molecule has 0 amide bonds. The van der Waals surface area contributed by atoms with Gasteiger partial charge in [-0.05, 0) is 91.4 Å². The quantitative estimate of drug-likeness (QED) is 0.217. The number of nitriles is 1. The van der Waals surface area contributed by atoms with Gasteiger partial charge in [0.05, 0.1) is 22.7 Å². The van der Waals surface area contributed by atoms with Crippen molar-refractivity contribution in [3.8, 4) is 45.4 Å². The molecule has 7 aromatic rings. The second kappa shape index (κ2) is 10.3. The van der Waals surface area contributed by atoms with Gasteiger partial charge in [-0.15, -0.1) is 0 Å². The highest BCUT2D eigenvalue weighted by Gasteiger charge is 2.18. The van der Waals surface area contributed by atoms with Gasteiger partial charge in [-0.3, -0.25) is 0 Å². The van der Waals surface area contributed by atoms with E-state index in [4.69, 9.17) is 0 Å². The predicted octanol–water partition coefficient (Wildman–Crippen LogP) is 9.08. The Morgan fingerprint density at radius 2 is 1.09 bits per heavy atom. The Hall–Kier alpha value is -5.60. The van der Waals surface area contributed by atoms with Crippen LogP contribution in [0.5, 0.6) is 0 Å². The van der Waals surface area contributed by atoms with Gasteiger partial charge < -0.3 is 4.57 Å². The molecular formula is C38H29N5. The van der Waals surface area contributed by atoms with Crippen molar-refractivity contribution >= 4 is 21.8 Å². The van der Waals surface area contributed by atoms with Crippen molar-refractivity contribution in [2.24, 2.45) is 0 Å². The van der Waals surface area contributed by atoms with Crippen LogP contribution in [0.25, 0.3) is 61.1 Å². The predicted molar refractivity (Wildman–Crippen MR) is 174 cm³/mol. The number of hydrogen-bond donors (Lipinski definition) is 0. The van der Waals surface area contributed by atoms with E-state index >= 15 is 0 Å². The van der Waals surface area contributed by atoms with Crippen LogP contribution in [-0.4, -0.2) is 19.5 Å². The number of fused-ring (bicyclic) bond motifs is 3. The molecule has 2 aromatic heterocycles. The highest BCUT2D eigenvalue weighted by molar-refractivity contribution is 6.11. The summed E-state index contributed by atoms with van der Waals surface area (Å²) in [6.45, 7) is 7.97. The Morgan fingerprint density at radius 3 is 1.60 bits per heavy atom. The zero-order valence-electron chi connectivity index (χ0n) is 24.6. The second-order valence-electron chi connectivity index (χ2n) is 11.0. The summed E-state index contributed by atoms with van der Waals surface area (Å²) in [6, 6.07) is 38.7. The van der Waals surface area contributed by atoms with Crippen molar-refractivity contribution in [2.75, 3.05) is 0 Å². The lowest BCUT2D eigenvalue weighted by Crippen LogP contribution is -2.01. The van der Waals surface area contributed by atoms with Crippen LogP contribution in [0.4, 0.5) is 0 Å². The standard InChI is InChI=1S/C38H29N5/c1-23-9-5-7-11-31(23)27-13-16-34-35-17-14-28(32-12-8-6-10-24(32)2)21-37(35)43(36(34)20-27)30-15-18-33(29(19-30)22-39)38-41-25(3)40-26(4)42-38/h5-21H,1-4H3. The molecule has 7 rings (SSSR count). The number of benzene rings is 5. The van der Waals surface area contributed by atoms with Gasteiger partial charge in [-0.2, -0.15) is 5.26 Å². The molecule has 0 radical (unpaired) electrons. The molecule has 0 aliphatic heterocycles. The number of aromatic nitrogens is 4. The maximum atomic E-state index is 10.3. The molecule has 5 nitrogen and oxygen atoms in total. The number of hydrogen-bond acceptors (Lipinski definition) is 4. The maximum absolute atomic E-state index is 10.3. The van der Waals surface area contributed by atoms with Gasteiger partial charge >= 0.3 is 0 Å². The largest absolute Gasteiger partial charge is 0.309 e. The van der Waals surface area contributed by atoms with E-state index in [2.05, 4.69) is 130 Å². The van der Waals surface area contributed by atoms with Crippen molar-refractivity contribution in [1.82, 2.24) is 19.5 Å². The molecule has 0 atom stereocenters. The first-order valence-corrected chi connectivity index (χ1v) is 14.4. The second-order valence-corrected chi connectivity index (χ2v) is 11.0. The summed E-state index contributed by atoms with van der Waals surface area (Å²) in [6.07, 6.45) is 0. The lowest BCUT2D eigenvalue weighted by Gasteiger charge is -2.13. The fourth-order valence-corrected chi connectivity index (χ4v) is 6.12. The molecule has 2 heterocycles. The third kappa shape index (κ3) is 4.54. The highest BCUT2D eigenvalue weighted by Crippen LogP contribution is 2.38. The zero-order chi connectivity index (χ0) is 29.7. The molecule has 206 valence electrons. The van der Waals surface area contributed by atoms with Crippen LogP contribution in [0.2, 0.25) is 0 Å². The third-order valence-corrected chi connectivity index (χ3v) is 8.16. The molecule has 0 unspecified atom stereocenters. The first kappa shape index (κ1) is 26.3. The smallest absolute Gasteiger partial charge is 0.164 e. The minimum absolute atomic E-state index is 0.513. The molecule has 5 aromatic carbocycles. The SMILES string of the molecule is Cc1nc(C)nc(-c2ccc(-n3c4cc(-c5ccccc5C)ccc4c4ccc(-c5ccccc5C)cc43)cc2C#N)n1. The summed E-state index contributed by atoms with van der Waals surface area (Å²) < 4.78 is 2.28. The van der Waals surface area contributed by atoms with Crippen LogP contribution in [0.15, 0.2) is 103 Å². The molecular weight excluding hydrogens is 526 g/mol. The van der Waals surface area contributed by atoms with E-state index in [1.165, 1.54) is 22.3 Å². The highest BCUT2D eigenvalue weighted by atomic mass is 15.0. The van der Waals surface area contributed by atoms with Crippen LogP contribution >= 0.6 is 0 Å². The molecule has 0 saturated carbocycles. The number of rotatable bonds is 4. The molecule has 0 spiro atoms. The molecule has 0 aliphatic carbocycles. The van der Waals surface area contributed by atoms with Gasteiger partial charge in [0.25, 0.3) is 0 Å². The van der Waals surface area contributed by atoms with Crippen LogP contribution < -0.4 is 0 Å². The molecule has 0 saturated heterocycles. The Balaban J connectivity index is 1.52. The summed E-state index contributed by atoms with van der Waals surface area (Å²) in [4.78, 5) is 13.4. The average molecular weight is 556 g/mol. The van der Waals surface area contributed by atoms with Gasteiger partial charge in [-0.25, -0.2) is 15.0 Å². The van der Waals surface area contributed by atoms with E-state index < -0.39 is 0 Å². The first-order valence-electron chi connectivity index (χ1n) is 14.4. The van der Waals surface area contributed by atoms with Gasteiger partial charge in [0.1, 0.15) is 11.6 Å². The van der Waals surface area contributed by atoms with E-state index in [1.54, 1.807) is 0 Å². The first-order chi connectivity index (χ1) is 20.9. The van der Waals surface area contributed by atoms with Gasteiger partial charge in [0, 0.05) is 22.0 Å². The molecule has 43 heavy (non-hydrogen) atoms. The van der Waals surface area contributed by atoms with E-state index in [0.29, 0.717) is 28.6 Å². The summed E-state index contributed by atoms with van der Waals surface area (Å²) in [7, 11) is 0. The van der Waals surface area contributed by atoms with Gasteiger partial charge in [0.15, 0.2) is 5.82 Å². The van der Waals surface area contributed by atoms with Gasteiger partial charge in [0.2, 0.25) is 0 Å². The zero-order valence-corrected chi connectivity index (χ0v) is 24.6. The summed E-state index contributed by atoms with van der Waals surface area (Å²) in [5.41, 5.74) is 11.5. The van der Waals surface area contributed by atoms with Crippen LogP contribution in [0.1, 0.15) is 28.3 Å². The molecule has 0 N–H and O–H groups in total. The summed E-state index contributed by atoms with van der Waals surface area (Å²) in [5, 5.41) is 12.6. The molecule has 0 fully saturated rings. The third-order valence-electron chi connectivity index (χ3n) is 8.16. The topological polar surface area (TPSA) is 67.4 Å². The van der Waals surface area contributed by atoms with Crippen LogP contribution in [0.3, 0.4) is 0 Å². The fourth-order valence-electron chi connectivity index (χ4n) is 6.12.